The van der Waals surface area contributed by atoms with Crippen molar-refractivity contribution in [1.82, 2.24) is 4.90 Å². The maximum Gasteiger partial charge on any atom is 0.410 e. The smallest absolute Gasteiger partial charge is 0.410 e. The predicted octanol–water partition coefficient (Wildman–Crippen LogP) is 6.70. The number of hydrogen-bond donors (Lipinski definition) is 1. The van der Waals surface area contributed by atoms with Crippen LogP contribution in [0.15, 0.2) is 84.9 Å². The number of ketones is 1. The number of Topliss-reactive ketones (excluding diaryl/α,β-unsaturated/α-hetero) is 1. The molecule has 1 heterocycles. The Kier molecular flexibility index (Phi) is 11.4. The number of nitrogens with zero attached hydrogens (tertiary/aromatic N) is 1. The van der Waals surface area contributed by atoms with E-state index in [1.807, 2.05) is 100 Å². The van der Waals surface area contributed by atoms with Crippen LogP contribution in [0.5, 0.6) is 0 Å². The molecule has 0 aliphatic carbocycles. The van der Waals surface area contributed by atoms with Crippen molar-refractivity contribution in [3.8, 4) is 11.1 Å². The van der Waals surface area contributed by atoms with Gasteiger partial charge in [-0.05, 0) is 23.1 Å². The zero-order chi connectivity index (χ0) is 26.5. The molecule has 1 aliphatic rings. The Bertz CT molecular complexity index is 1100. The number of aliphatic carboxylic acids is 1. The van der Waals surface area contributed by atoms with Crippen molar-refractivity contribution >= 4 is 17.8 Å². The number of ether oxygens (including phenoxy) is 1. The highest BCUT2D eigenvalue weighted by Crippen LogP contribution is 2.30. The maximum absolute atomic E-state index is 13.1. The normalized spacial score (nSPS) is 16.1. The zero-order valence-electron chi connectivity index (χ0n) is 21.4. The minimum absolute atomic E-state index is 0.0437. The van der Waals surface area contributed by atoms with Gasteiger partial charge in [0.2, 0.25) is 0 Å². The lowest BCUT2D eigenvalue weighted by Crippen LogP contribution is -2.45. The monoisotopic (exact) mass is 489 g/mol. The van der Waals surface area contributed by atoms with E-state index >= 15 is 0 Å². The average molecular weight is 490 g/mol. The van der Waals surface area contributed by atoms with E-state index in [4.69, 9.17) is 4.74 Å². The van der Waals surface area contributed by atoms with Crippen LogP contribution in [0.4, 0.5) is 4.79 Å². The molecule has 3 aromatic carbocycles. The van der Waals surface area contributed by atoms with Gasteiger partial charge in [0.25, 0.3) is 0 Å². The van der Waals surface area contributed by atoms with E-state index in [1.54, 1.807) is 12.1 Å². The van der Waals surface area contributed by atoms with Gasteiger partial charge in [0, 0.05) is 12.1 Å². The molecule has 0 saturated carbocycles. The summed E-state index contributed by atoms with van der Waals surface area (Å²) in [5, 5.41) is 9.78. The first-order chi connectivity index (χ1) is 17.5. The van der Waals surface area contributed by atoms with Crippen LogP contribution in [0.25, 0.3) is 11.1 Å². The van der Waals surface area contributed by atoms with Crippen molar-refractivity contribution in [2.75, 3.05) is 6.54 Å². The molecule has 3 aromatic rings. The quantitative estimate of drug-likeness (QED) is 0.390. The second-order valence-electron chi connectivity index (χ2n) is 7.72. The van der Waals surface area contributed by atoms with Gasteiger partial charge in [0.05, 0.1) is 5.92 Å². The van der Waals surface area contributed by atoms with Crippen LogP contribution in [0.3, 0.4) is 0 Å². The molecule has 0 radical (unpaired) electrons. The van der Waals surface area contributed by atoms with Crippen LogP contribution in [0.1, 0.15) is 50.0 Å². The van der Waals surface area contributed by atoms with Crippen molar-refractivity contribution in [3.63, 3.8) is 0 Å². The summed E-state index contributed by atoms with van der Waals surface area (Å²) in [5.41, 5.74) is 3.23. The minimum atomic E-state index is -1.25. The van der Waals surface area contributed by atoms with Gasteiger partial charge in [-0.25, -0.2) is 9.59 Å². The number of benzene rings is 3. The second-order valence-corrected chi connectivity index (χ2v) is 7.72. The maximum atomic E-state index is 13.1. The first-order valence-corrected chi connectivity index (χ1v) is 12.4. The molecule has 1 amide bonds. The SMILES string of the molecule is CC.CC.O=C(O)C1[C@@H](C(=O)c2ccc(-c3ccccc3)cc2)CCN1C(=O)OCc1ccccc1. The number of carboxylic acid groups (broad SMARTS) is 1. The Morgan fingerprint density at radius 2 is 1.33 bits per heavy atom. The van der Waals surface area contributed by atoms with Crippen LogP contribution in [0, 0.1) is 5.92 Å². The Balaban J connectivity index is 0.00000109. The lowest BCUT2D eigenvalue weighted by molar-refractivity contribution is -0.142. The molecule has 4 rings (SSSR count). The van der Waals surface area contributed by atoms with Gasteiger partial charge < -0.3 is 9.84 Å². The highest BCUT2D eigenvalue weighted by Gasteiger charge is 2.46. The summed E-state index contributed by atoms with van der Waals surface area (Å²) in [6.07, 6.45) is -0.451. The van der Waals surface area contributed by atoms with Crippen LogP contribution in [-0.4, -0.2) is 40.4 Å². The topological polar surface area (TPSA) is 83.9 Å². The Morgan fingerprint density at radius 1 is 0.806 bits per heavy atom. The summed E-state index contributed by atoms with van der Waals surface area (Å²) in [6, 6.07) is 24.8. The van der Waals surface area contributed by atoms with Gasteiger partial charge in [-0.3, -0.25) is 9.69 Å². The van der Waals surface area contributed by atoms with Crippen molar-refractivity contribution in [3.05, 3.63) is 96.1 Å². The van der Waals surface area contributed by atoms with Gasteiger partial charge >= 0.3 is 12.1 Å². The molecule has 6 heteroatoms. The lowest BCUT2D eigenvalue weighted by Gasteiger charge is -2.23. The van der Waals surface area contributed by atoms with Crippen LogP contribution in [0.2, 0.25) is 0 Å². The summed E-state index contributed by atoms with van der Waals surface area (Å²) in [4.78, 5) is 38.8. The third kappa shape index (κ3) is 7.04. The van der Waals surface area contributed by atoms with E-state index in [2.05, 4.69) is 0 Å². The first kappa shape index (κ1) is 28.3. The third-order valence-electron chi connectivity index (χ3n) is 5.70. The molecular weight excluding hydrogens is 454 g/mol. The second kappa shape index (κ2) is 14.5. The van der Waals surface area contributed by atoms with E-state index in [9.17, 15) is 19.5 Å². The third-order valence-corrected chi connectivity index (χ3v) is 5.70. The van der Waals surface area contributed by atoms with Gasteiger partial charge in [-0.2, -0.15) is 0 Å². The predicted molar refractivity (Wildman–Crippen MR) is 142 cm³/mol. The molecule has 0 bridgehead atoms. The van der Waals surface area contributed by atoms with E-state index in [1.165, 1.54) is 0 Å². The molecular formula is C30H35NO5. The lowest BCUT2D eigenvalue weighted by atomic mass is 9.90. The average Bonchev–Trinajstić information content (AvgIpc) is 3.40. The summed E-state index contributed by atoms with van der Waals surface area (Å²) in [6.45, 7) is 8.20. The summed E-state index contributed by atoms with van der Waals surface area (Å²) < 4.78 is 5.30. The number of likely N-dealkylation sites (tertiary alicyclic amines) is 1. The van der Waals surface area contributed by atoms with E-state index in [0.29, 0.717) is 5.56 Å². The molecule has 2 atom stereocenters. The van der Waals surface area contributed by atoms with E-state index in [0.717, 1.165) is 21.6 Å². The fraction of sp³-hybridized carbons (Fsp3) is 0.300. The van der Waals surface area contributed by atoms with Gasteiger partial charge in [0.1, 0.15) is 12.6 Å². The fourth-order valence-electron chi connectivity index (χ4n) is 4.05. The van der Waals surface area contributed by atoms with Gasteiger partial charge in [-0.1, -0.05) is 113 Å². The standard InChI is InChI=1S/C26H23NO5.2C2H6/c28-24(21-13-11-20(12-14-21)19-9-5-2-6-10-19)22-15-16-27(23(22)25(29)30)26(31)32-17-18-7-3-1-4-8-18;2*1-2/h1-14,22-23H,15-17H2,(H,29,30);2*1-2H3/t22-,23?;;/m0../s1. The van der Waals surface area contributed by atoms with Crippen molar-refractivity contribution in [1.29, 1.82) is 0 Å². The Hall–Kier alpha value is -3.93. The highest BCUT2D eigenvalue weighted by molar-refractivity contribution is 6.02. The number of carbonyl (C=O) groups excluding carboxylic acids is 2. The summed E-state index contributed by atoms with van der Waals surface area (Å²) in [5.74, 6) is -2.31. The van der Waals surface area contributed by atoms with Crippen molar-refractivity contribution in [2.45, 2.75) is 46.8 Å². The van der Waals surface area contributed by atoms with Gasteiger partial charge in [0.15, 0.2) is 5.78 Å². The number of hydrogen-bond acceptors (Lipinski definition) is 4. The number of amides is 1. The van der Waals surface area contributed by atoms with E-state index < -0.39 is 24.0 Å². The Morgan fingerprint density at radius 3 is 1.89 bits per heavy atom. The first-order valence-electron chi connectivity index (χ1n) is 12.4. The van der Waals surface area contributed by atoms with Crippen LogP contribution in [-0.2, 0) is 16.1 Å². The molecule has 1 aliphatic heterocycles. The molecule has 1 N–H and O–H groups in total. The summed E-state index contributed by atoms with van der Waals surface area (Å²) in [7, 11) is 0. The fourth-order valence-corrected chi connectivity index (χ4v) is 4.05. The molecule has 190 valence electrons. The van der Waals surface area contributed by atoms with E-state index in [-0.39, 0.29) is 25.4 Å². The van der Waals surface area contributed by atoms with Gasteiger partial charge in [-0.15, -0.1) is 0 Å². The molecule has 1 saturated heterocycles. The number of carbonyl (C=O) groups is 3. The van der Waals surface area contributed by atoms with Crippen LogP contribution >= 0.6 is 0 Å². The molecule has 0 spiro atoms. The summed E-state index contributed by atoms with van der Waals surface area (Å²) >= 11 is 0. The molecule has 36 heavy (non-hydrogen) atoms. The molecule has 6 nitrogen and oxygen atoms in total. The number of carboxylic acids is 1. The highest BCUT2D eigenvalue weighted by atomic mass is 16.6. The van der Waals surface area contributed by atoms with Crippen LogP contribution < -0.4 is 0 Å². The molecule has 0 aromatic heterocycles. The largest absolute Gasteiger partial charge is 0.480 e. The number of rotatable bonds is 6. The molecule has 1 fully saturated rings. The zero-order valence-corrected chi connectivity index (χ0v) is 21.4. The molecule has 1 unspecified atom stereocenters. The minimum Gasteiger partial charge on any atom is -0.480 e. The van der Waals surface area contributed by atoms with Crippen molar-refractivity contribution < 1.29 is 24.2 Å². The van der Waals surface area contributed by atoms with Crippen molar-refractivity contribution in [2.24, 2.45) is 5.92 Å². The Labute approximate surface area is 213 Å².